The highest BCUT2D eigenvalue weighted by Gasteiger charge is 2.53. The molecular weight excluding hydrogens is 482 g/mol. The molecule has 0 heterocycles. The molecule has 0 aliphatic rings. The van der Waals surface area contributed by atoms with E-state index >= 15 is 0 Å². The molecule has 10 heteroatoms. The van der Waals surface area contributed by atoms with Crippen LogP contribution in [0.5, 0.6) is 11.5 Å². The lowest BCUT2D eigenvalue weighted by molar-refractivity contribution is 0.439. The van der Waals surface area contributed by atoms with Crippen LogP contribution in [0.4, 0.5) is 0 Å². The van der Waals surface area contributed by atoms with Crippen molar-refractivity contribution >= 4 is 56.5 Å². The molecule has 3 N–H and O–H groups in total. The van der Waals surface area contributed by atoms with E-state index in [9.17, 15) is 23.2 Å². The van der Waals surface area contributed by atoms with Gasteiger partial charge in [-0.05, 0) is 23.8 Å². The first-order valence-electron chi connectivity index (χ1n) is 7.91. The fourth-order valence-corrected chi connectivity index (χ4v) is 5.69. The van der Waals surface area contributed by atoms with Gasteiger partial charge in [-0.1, -0.05) is 82.8 Å². The van der Waals surface area contributed by atoms with Crippen LogP contribution >= 0.6 is 46.4 Å². The summed E-state index contributed by atoms with van der Waals surface area (Å²) in [6.07, 6.45) is 0. The Balaban J connectivity index is 2.67. The summed E-state index contributed by atoms with van der Waals surface area (Å²) in [6.45, 7) is 0. The number of hydrogen-bond acceptors (Lipinski definition) is 4. The van der Waals surface area contributed by atoms with Gasteiger partial charge in [-0.25, -0.2) is 0 Å². The van der Waals surface area contributed by atoms with E-state index < -0.39 is 31.4 Å². The van der Waals surface area contributed by atoms with Crippen LogP contribution in [0.1, 0.15) is 16.7 Å². The van der Waals surface area contributed by atoms with Crippen LogP contribution in [0.2, 0.25) is 20.1 Å². The highest BCUT2D eigenvalue weighted by molar-refractivity contribution is 7.87. The van der Waals surface area contributed by atoms with Crippen molar-refractivity contribution in [3.63, 3.8) is 0 Å². The molecule has 152 valence electrons. The van der Waals surface area contributed by atoms with Gasteiger partial charge >= 0.3 is 0 Å². The number of hydrogen-bond donors (Lipinski definition) is 3. The first kappa shape index (κ1) is 22.0. The molecule has 0 radical (unpaired) electrons. The van der Waals surface area contributed by atoms with Gasteiger partial charge in [0.05, 0.1) is 10.0 Å². The van der Waals surface area contributed by atoms with E-state index in [1.807, 2.05) is 0 Å². The molecule has 0 aliphatic carbocycles. The molecule has 0 spiro atoms. The summed E-state index contributed by atoms with van der Waals surface area (Å²) in [6, 6.07) is 12.5. The summed E-state index contributed by atoms with van der Waals surface area (Å²) < 4.78 is 33.9. The normalized spacial score (nSPS) is 13.8. The minimum Gasteiger partial charge on any atom is -0.508 e. The van der Waals surface area contributed by atoms with Crippen LogP contribution in [0.25, 0.3) is 0 Å². The number of halogens is 4. The predicted molar refractivity (Wildman–Crippen MR) is 114 cm³/mol. The molecule has 0 aromatic heterocycles. The Morgan fingerprint density at radius 1 is 0.793 bits per heavy atom. The Morgan fingerprint density at radius 3 is 1.97 bits per heavy atom. The smallest absolute Gasteiger partial charge is 0.283 e. The maximum absolute atomic E-state index is 13.0. The van der Waals surface area contributed by atoms with E-state index in [2.05, 4.69) is 0 Å². The molecule has 3 aromatic carbocycles. The fraction of sp³-hybridized carbons (Fsp3) is 0.0526. The zero-order chi connectivity index (χ0) is 21.6. The lowest BCUT2D eigenvalue weighted by atomic mass is 9.83. The largest absolute Gasteiger partial charge is 0.508 e. The second-order valence-electron chi connectivity index (χ2n) is 6.04. The topological polar surface area (TPSA) is 94.8 Å². The van der Waals surface area contributed by atoms with Gasteiger partial charge in [-0.15, -0.1) is 0 Å². The van der Waals surface area contributed by atoms with Crippen molar-refractivity contribution in [1.82, 2.24) is 0 Å². The monoisotopic (exact) mass is 492 g/mol. The Labute approximate surface area is 186 Å². The summed E-state index contributed by atoms with van der Waals surface area (Å²) in [7, 11) is -5.14. The summed E-state index contributed by atoms with van der Waals surface area (Å²) in [4.78, 5) is 0. The van der Waals surface area contributed by atoms with E-state index in [0.717, 1.165) is 6.07 Å². The number of aromatic hydroxyl groups is 2. The van der Waals surface area contributed by atoms with Crippen molar-refractivity contribution in [2.24, 2.45) is 0 Å². The molecule has 0 bridgehead atoms. The van der Waals surface area contributed by atoms with Gasteiger partial charge in [-0.3, -0.25) is 4.55 Å². The highest BCUT2D eigenvalue weighted by Crippen LogP contribution is 2.54. The molecule has 3 rings (SSSR count). The van der Waals surface area contributed by atoms with Crippen molar-refractivity contribution in [2.75, 3.05) is 0 Å². The molecule has 0 fully saturated rings. The van der Waals surface area contributed by atoms with Gasteiger partial charge in [0.2, 0.25) is 0 Å². The van der Waals surface area contributed by atoms with Crippen LogP contribution in [0, 0.1) is 0 Å². The number of benzene rings is 3. The van der Waals surface area contributed by atoms with E-state index in [1.165, 1.54) is 42.5 Å². The van der Waals surface area contributed by atoms with Gasteiger partial charge in [0.15, 0.2) is 10.5 Å². The summed E-state index contributed by atoms with van der Waals surface area (Å²) in [5.41, 5.74) is -0.719. The van der Waals surface area contributed by atoms with Gasteiger partial charge in [0.1, 0.15) is 10.8 Å². The predicted octanol–water partition coefficient (Wildman–Crippen LogP) is 5.89. The van der Waals surface area contributed by atoms with Gasteiger partial charge in [-0.2, -0.15) is 8.42 Å². The SMILES string of the molecule is O=S(=O)(O)C(c1ccccc1)(c1cc(Cl)c(Cl)c(O)c1Cl)c1c(O)cccc1Cl. The first-order valence-corrected chi connectivity index (χ1v) is 10.9. The molecule has 3 aromatic rings. The minimum atomic E-state index is -5.14. The number of phenolic OH excluding ortho intramolecular Hbond substituents is 2. The third-order valence-corrected chi connectivity index (χ3v) is 7.33. The van der Waals surface area contributed by atoms with E-state index in [0.29, 0.717) is 0 Å². The summed E-state index contributed by atoms with van der Waals surface area (Å²) in [5, 5.41) is 19.7. The molecule has 0 saturated carbocycles. The lowest BCUT2D eigenvalue weighted by Crippen LogP contribution is -2.39. The average Bonchev–Trinajstić information content (AvgIpc) is 2.66. The third-order valence-electron chi connectivity index (χ3n) is 4.42. The molecular formula is C19H12Cl4O5S. The quantitative estimate of drug-likeness (QED) is 0.239. The molecule has 1 unspecified atom stereocenters. The van der Waals surface area contributed by atoms with Crippen LogP contribution in [-0.4, -0.2) is 23.2 Å². The Hall–Kier alpha value is -1.67. The molecule has 0 aliphatic heterocycles. The maximum Gasteiger partial charge on any atom is 0.283 e. The van der Waals surface area contributed by atoms with Gasteiger partial charge in [0, 0.05) is 16.1 Å². The molecule has 5 nitrogen and oxygen atoms in total. The van der Waals surface area contributed by atoms with Crippen molar-refractivity contribution in [2.45, 2.75) is 4.75 Å². The molecule has 0 saturated heterocycles. The molecule has 29 heavy (non-hydrogen) atoms. The second-order valence-corrected chi connectivity index (χ2v) is 9.17. The Bertz CT molecular complexity index is 1180. The zero-order valence-electron chi connectivity index (χ0n) is 14.3. The maximum atomic E-state index is 13.0. The standard InChI is InChI=1S/C19H12Cl4O5S/c20-12-7-4-8-14(24)15(12)19(29(26,27)28,10-5-2-1-3-6-10)11-9-13(21)17(23)18(25)16(11)22/h1-9,24-25H,(H,26,27,28). The van der Waals surface area contributed by atoms with Crippen molar-refractivity contribution < 1.29 is 23.2 Å². The van der Waals surface area contributed by atoms with Crippen molar-refractivity contribution in [3.8, 4) is 11.5 Å². The highest BCUT2D eigenvalue weighted by atomic mass is 35.5. The third kappa shape index (κ3) is 3.44. The van der Waals surface area contributed by atoms with Gasteiger partial charge in [0.25, 0.3) is 10.1 Å². The van der Waals surface area contributed by atoms with Crippen molar-refractivity contribution in [3.05, 3.63) is 91.4 Å². The van der Waals surface area contributed by atoms with E-state index in [-0.39, 0.29) is 31.8 Å². The van der Waals surface area contributed by atoms with Crippen LogP contribution in [-0.2, 0) is 14.9 Å². The summed E-state index contributed by atoms with van der Waals surface area (Å²) >= 11 is 24.6. The number of rotatable bonds is 4. The van der Waals surface area contributed by atoms with Crippen LogP contribution in [0.3, 0.4) is 0 Å². The zero-order valence-corrected chi connectivity index (χ0v) is 18.1. The molecule has 1 atom stereocenters. The van der Waals surface area contributed by atoms with Crippen LogP contribution in [0.15, 0.2) is 54.6 Å². The van der Waals surface area contributed by atoms with Gasteiger partial charge < -0.3 is 10.2 Å². The lowest BCUT2D eigenvalue weighted by Gasteiger charge is -2.34. The fourth-order valence-electron chi connectivity index (χ4n) is 3.23. The van der Waals surface area contributed by atoms with Crippen LogP contribution < -0.4 is 0 Å². The molecule has 0 amide bonds. The Kier molecular flexibility index (Phi) is 5.98. The van der Waals surface area contributed by atoms with E-state index in [1.54, 1.807) is 6.07 Å². The van der Waals surface area contributed by atoms with E-state index in [4.69, 9.17) is 46.4 Å². The number of phenols is 2. The average molecular weight is 494 g/mol. The first-order chi connectivity index (χ1) is 13.5. The Morgan fingerprint density at radius 2 is 1.41 bits per heavy atom. The van der Waals surface area contributed by atoms with Crippen molar-refractivity contribution in [1.29, 1.82) is 0 Å². The minimum absolute atomic E-state index is 0.00871. The second kappa shape index (κ2) is 7.87. The summed E-state index contributed by atoms with van der Waals surface area (Å²) in [5.74, 6) is -1.22.